The molecule has 2 unspecified atom stereocenters. The fraction of sp³-hybridized carbons (Fsp3) is 0.733. The highest BCUT2D eigenvalue weighted by Crippen LogP contribution is 2.32. The first-order chi connectivity index (χ1) is 9.69. The zero-order valence-electron chi connectivity index (χ0n) is 13.0. The quantitative estimate of drug-likeness (QED) is 0.638. The van der Waals surface area contributed by atoms with Crippen molar-refractivity contribution >= 4 is 23.4 Å². The molecule has 2 rings (SSSR count). The van der Waals surface area contributed by atoms with Gasteiger partial charge in [-0.3, -0.25) is 0 Å². The van der Waals surface area contributed by atoms with E-state index in [1.807, 2.05) is 6.26 Å². The zero-order chi connectivity index (χ0) is 14.5. The lowest BCUT2D eigenvalue weighted by atomic mass is 10.1. The summed E-state index contributed by atoms with van der Waals surface area (Å²) in [7, 11) is 0. The van der Waals surface area contributed by atoms with Crippen LogP contribution >= 0.6 is 11.8 Å². The van der Waals surface area contributed by atoms with Gasteiger partial charge >= 0.3 is 0 Å². The van der Waals surface area contributed by atoms with Gasteiger partial charge in [-0.25, -0.2) is 9.97 Å². The predicted octanol–water partition coefficient (Wildman–Crippen LogP) is 3.79. The number of aromatic nitrogens is 2. The predicted molar refractivity (Wildman–Crippen MR) is 87.8 cm³/mol. The van der Waals surface area contributed by atoms with Gasteiger partial charge < -0.3 is 10.2 Å². The van der Waals surface area contributed by atoms with Crippen molar-refractivity contribution in [2.24, 2.45) is 0 Å². The van der Waals surface area contributed by atoms with Crippen LogP contribution in [0.3, 0.4) is 0 Å². The zero-order valence-corrected chi connectivity index (χ0v) is 13.8. The van der Waals surface area contributed by atoms with E-state index in [2.05, 4.69) is 42.0 Å². The molecule has 112 valence electrons. The standard InChI is InChI=1S/C15H26N4S/c1-5-9-16-13-10-14(18-15(17-13)20-4)19-11(3)7-8-12(19)6-2/h10-12H,5-9H2,1-4H3,(H,16,17,18). The minimum absolute atomic E-state index is 0.573. The monoisotopic (exact) mass is 294 g/mol. The molecule has 0 aromatic carbocycles. The fourth-order valence-electron chi connectivity index (χ4n) is 2.87. The molecular formula is C15H26N4S. The summed E-state index contributed by atoms with van der Waals surface area (Å²) in [5.74, 6) is 2.04. The summed E-state index contributed by atoms with van der Waals surface area (Å²) in [6, 6.07) is 3.30. The van der Waals surface area contributed by atoms with Gasteiger partial charge in [0.1, 0.15) is 11.6 Å². The van der Waals surface area contributed by atoms with Crippen molar-refractivity contribution in [2.75, 3.05) is 23.0 Å². The van der Waals surface area contributed by atoms with Gasteiger partial charge in [0.2, 0.25) is 0 Å². The first-order valence-corrected chi connectivity index (χ1v) is 8.87. The Bertz CT molecular complexity index is 438. The minimum atomic E-state index is 0.573. The molecule has 4 nitrogen and oxygen atoms in total. The maximum absolute atomic E-state index is 4.73. The molecule has 20 heavy (non-hydrogen) atoms. The molecule has 1 fully saturated rings. The molecule has 1 aliphatic rings. The van der Waals surface area contributed by atoms with Gasteiger partial charge in [0.05, 0.1) is 0 Å². The first kappa shape index (κ1) is 15.4. The van der Waals surface area contributed by atoms with Crippen LogP contribution in [0.4, 0.5) is 11.6 Å². The van der Waals surface area contributed by atoms with Crippen LogP contribution in [-0.4, -0.2) is 34.9 Å². The van der Waals surface area contributed by atoms with Crippen LogP contribution in [0.25, 0.3) is 0 Å². The SMILES string of the molecule is CCCNc1cc(N2C(C)CCC2CC)nc(SC)n1. The van der Waals surface area contributed by atoms with Crippen molar-refractivity contribution in [2.45, 2.75) is 63.7 Å². The molecule has 1 N–H and O–H groups in total. The van der Waals surface area contributed by atoms with Crippen LogP contribution < -0.4 is 10.2 Å². The van der Waals surface area contributed by atoms with E-state index in [4.69, 9.17) is 4.98 Å². The molecule has 2 heterocycles. The summed E-state index contributed by atoms with van der Waals surface area (Å²) in [5.41, 5.74) is 0. The van der Waals surface area contributed by atoms with Gasteiger partial charge in [0.25, 0.3) is 0 Å². The lowest BCUT2D eigenvalue weighted by Gasteiger charge is -2.29. The van der Waals surface area contributed by atoms with Gasteiger partial charge in [-0.1, -0.05) is 25.6 Å². The van der Waals surface area contributed by atoms with E-state index in [1.165, 1.54) is 19.3 Å². The van der Waals surface area contributed by atoms with Crippen molar-refractivity contribution < 1.29 is 0 Å². The van der Waals surface area contributed by atoms with Crippen LogP contribution in [0.2, 0.25) is 0 Å². The smallest absolute Gasteiger partial charge is 0.191 e. The van der Waals surface area contributed by atoms with Crippen LogP contribution in [0.15, 0.2) is 11.2 Å². The van der Waals surface area contributed by atoms with Crippen LogP contribution in [0.1, 0.15) is 46.5 Å². The molecule has 0 amide bonds. The Labute approximate surface area is 126 Å². The maximum atomic E-state index is 4.73. The van der Waals surface area contributed by atoms with Crippen LogP contribution in [0.5, 0.6) is 0 Å². The Morgan fingerprint density at radius 2 is 2.15 bits per heavy atom. The molecule has 1 aromatic rings. The Kier molecular flexibility index (Phi) is 5.52. The van der Waals surface area contributed by atoms with E-state index < -0.39 is 0 Å². The highest BCUT2D eigenvalue weighted by Gasteiger charge is 2.30. The molecule has 0 bridgehead atoms. The number of hydrogen-bond donors (Lipinski definition) is 1. The third-order valence-electron chi connectivity index (χ3n) is 3.95. The fourth-order valence-corrected chi connectivity index (χ4v) is 3.24. The van der Waals surface area contributed by atoms with E-state index in [1.54, 1.807) is 11.8 Å². The first-order valence-electron chi connectivity index (χ1n) is 7.64. The summed E-state index contributed by atoms with van der Waals surface area (Å²) < 4.78 is 0. The second-order valence-electron chi connectivity index (χ2n) is 5.42. The number of hydrogen-bond acceptors (Lipinski definition) is 5. The molecule has 0 aliphatic carbocycles. The molecule has 1 aliphatic heterocycles. The van der Waals surface area contributed by atoms with Crippen LogP contribution in [-0.2, 0) is 0 Å². The molecule has 0 spiro atoms. The second-order valence-corrected chi connectivity index (χ2v) is 6.19. The summed E-state index contributed by atoms with van der Waals surface area (Å²) in [6.07, 6.45) is 6.85. The lowest BCUT2D eigenvalue weighted by molar-refractivity contribution is 0.617. The average molecular weight is 294 g/mol. The minimum Gasteiger partial charge on any atom is -0.370 e. The van der Waals surface area contributed by atoms with Crippen LogP contribution in [0, 0.1) is 0 Å². The normalized spacial score (nSPS) is 22.3. The average Bonchev–Trinajstić information content (AvgIpc) is 2.85. The number of rotatable bonds is 6. The van der Waals surface area contributed by atoms with Gasteiger partial charge in [-0.2, -0.15) is 0 Å². The number of nitrogens with one attached hydrogen (secondary N) is 1. The summed E-state index contributed by atoms with van der Waals surface area (Å²) in [5, 5.41) is 4.25. The Morgan fingerprint density at radius 1 is 1.35 bits per heavy atom. The topological polar surface area (TPSA) is 41.0 Å². The Balaban J connectivity index is 2.29. The van der Waals surface area contributed by atoms with Crippen molar-refractivity contribution in [1.82, 2.24) is 9.97 Å². The highest BCUT2D eigenvalue weighted by molar-refractivity contribution is 7.98. The number of nitrogens with zero attached hydrogens (tertiary/aromatic N) is 3. The molecular weight excluding hydrogens is 268 g/mol. The van der Waals surface area contributed by atoms with E-state index in [-0.39, 0.29) is 0 Å². The number of anilines is 2. The van der Waals surface area contributed by atoms with Crippen molar-refractivity contribution in [3.8, 4) is 0 Å². The van der Waals surface area contributed by atoms with Crippen molar-refractivity contribution in [1.29, 1.82) is 0 Å². The molecule has 2 atom stereocenters. The third kappa shape index (κ3) is 3.37. The third-order valence-corrected chi connectivity index (χ3v) is 4.50. The van der Waals surface area contributed by atoms with E-state index in [9.17, 15) is 0 Å². The summed E-state index contributed by atoms with van der Waals surface area (Å²) in [6.45, 7) is 7.69. The van der Waals surface area contributed by atoms with Crippen molar-refractivity contribution in [3.05, 3.63) is 6.07 Å². The largest absolute Gasteiger partial charge is 0.370 e. The van der Waals surface area contributed by atoms with E-state index in [0.29, 0.717) is 12.1 Å². The van der Waals surface area contributed by atoms with Gasteiger partial charge in [0, 0.05) is 24.7 Å². The highest BCUT2D eigenvalue weighted by atomic mass is 32.2. The maximum Gasteiger partial charge on any atom is 0.191 e. The van der Waals surface area contributed by atoms with Crippen molar-refractivity contribution in [3.63, 3.8) is 0 Å². The number of thioether (sulfide) groups is 1. The van der Waals surface area contributed by atoms with Gasteiger partial charge in [-0.05, 0) is 38.9 Å². The van der Waals surface area contributed by atoms with E-state index >= 15 is 0 Å². The summed E-state index contributed by atoms with van der Waals surface area (Å²) >= 11 is 1.61. The second kappa shape index (κ2) is 7.16. The van der Waals surface area contributed by atoms with Gasteiger partial charge in [0.15, 0.2) is 5.16 Å². The Hall–Kier alpha value is -0.970. The molecule has 1 saturated heterocycles. The van der Waals surface area contributed by atoms with E-state index in [0.717, 1.165) is 29.8 Å². The Morgan fingerprint density at radius 3 is 2.80 bits per heavy atom. The summed E-state index contributed by atoms with van der Waals surface area (Å²) in [4.78, 5) is 11.8. The molecule has 1 aromatic heterocycles. The lowest BCUT2D eigenvalue weighted by Crippen LogP contribution is -2.35. The molecule has 0 radical (unpaired) electrons. The van der Waals surface area contributed by atoms with Gasteiger partial charge in [-0.15, -0.1) is 0 Å². The molecule has 0 saturated carbocycles. The molecule has 5 heteroatoms.